The molecule has 0 spiro atoms. The van der Waals surface area contributed by atoms with Gasteiger partial charge in [-0.05, 0) is 25.2 Å². The summed E-state index contributed by atoms with van der Waals surface area (Å²) in [6.45, 7) is 2.41. The molecule has 3 N–H and O–H groups in total. The van der Waals surface area contributed by atoms with Crippen molar-refractivity contribution >= 4 is 9.84 Å². The van der Waals surface area contributed by atoms with Crippen molar-refractivity contribution in [3.05, 3.63) is 0 Å². The molecule has 1 heterocycles. The highest BCUT2D eigenvalue weighted by atomic mass is 32.2. The van der Waals surface area contributed by atoms with Gasteiger partial charge in [0.15, 0.2) is 9.84 Å². The fourth-order valence-corrected chi connectivity index (χ4v) is 6.05. The largest absolute Gasteiger partial charge is 0.389 e. The molecule has 1 saturated carbocycles. The van der Waals surface area contributed by atoms with Crippen LogP contribution in [0.15, 0.2) is 0 Å². The van der Waals surface area contributed by atoms with Gasteiger partial charge in [-0.2, -0.15) is 0 Å². The second-order valence-electron chi connectivity index (χ2n) is 6.23. The smallest absolute Gasteiger partial charge is 0.151 e. The molecular weight excluding hydrogens is 250 g/mol. The zero-order valence-electron chi connectivity index (χ0n) is 11.2. The fourth-order valence-electron chi connectivity index (χ4n) is 3.83. The zero-order chi connectivity index (χ0) is 13.4. The Balaban J connectivity index is 2.26. The highest BCUT2D eigenvalue weighted by molar-refractivity contribution is 7.91. The molecule has 106 valence electrons. The van der Waals surface area contributed by atoms with Crippen LogP contribution in [-0.4, -0.2) is 37.2 Å². The first-order valence-corrected chi connectivity index (χ1v) is 8.81. The Hall–Kier alpha value is -0.130. The number of nitrogens with two attached hydrogens (primary N) is 1. The maximum Gasteiger partial charge on any atom is 0.151 e. The number of aliphatic hydroxyl groups is 1. The predicted octanol–water partition coefficient (Wildman–Crippen LogP) is 1.08. The van der Waals surface area contributed by atoms with Gasteiger partial charge in [-0.15, -0.1) is 0 Å². The van der Waals surface area contributed by atoms with Crippen LogP contribution in [0, 0.1) is 11.3 Å². The molecule has 5 heteroatoms. The zero-order valence-corrected chi connectivity index (χ0v) is 12.0. The van der Waals surface area contributed by atoms with Gasteiger partial charge < -0.3 is 10.8 Å². The van der Waals surface area contributed by atoms with E-state index in [1.807, 2.05) is 0 Å². The van der Waals surface area contributed by atoms with Gasteiger partial charge in [-0.3, -0.25) is 0 Å². The molecule has 18 heavy (non-hydrogen) atoms. The van der Waals surface area contributed by atoms with Gasteiger partial charge in [0.1, 0.15) is 0 Å². The van der Waals surface area contributed by atoms with E-state index in [0.717, 1.165) is 25.7 Å². The second-order valence-corrected chi connectivity index (χ2v) is 8.41. The molecule has 2 rings (SSSR count). The monoisotopic (exact) mass is 275 g/mol. The topological polar surface area (TPSA) is 80.4 Å². The molecule has 1 aliphatic heterocycles. The number of rotatable bonds is 3. The molecular formula is C13H25NO3S. The van der Waals surface area contributed by atoms with Crippen LogP contribution in [0.1, 0.15) is 45.4 Å². The second kappa shape index (κ2) is 4.76. The van der Waals surface area contributed by atoms with Crippen molar-refractivity contribution in [2.24, 2.45) is 17.1 Å². The molecule has 2 aliphatic rings. The Kier molecular flexibility index (Phi) is 3.78. The molecule has 0 aromatic carbocycles. The van der Waals surface area contributed by atoms with Gasteiger partial charge in [0.05, 0.1) is 17.1 Å². The van der Waals surface area contributed by atoms with E-state index in [4.69, 9.17) is 5.73 Å². The third-order valence-electron chi connectivity index (χ3n) is 5.17. The lowest BCUT2D eigenvalue weighted by Gasteiger charge is -2.48. The van der Waals surface area contributed by atoms with Crippen LogP contribution in [0.4, 0.5) is 0 Å². The summed E-state index contributed by atoms with van der Waals surface area (Å²) in [6.07, 6.45) is 5.13. The van der Waals surface area contributed by atoms with E-state index in [1.54, 1.807) is 0 Å². The van der Waals surface area contributed by atoms with Crippen LogP contribution in [0.3, 0.4) is 0 Å². The minimum atomic E-state index is -3.02. The average Bonchev–Trinajstić information content (AvgIpc) is 2.67. The molecule has 3 unspecified atom stereocenters. The highest BCUT2D eigenvalue weighted by Crippen LogP contribution is 2.50. The fraction of sp³-hybridized carbons (Fsp3) is 1.00. The van der Waals surface area contributed by atoms with E-state index in [-0.39, 0.29) is 18.1 Å². The van der Waals surface area contributed by atoms with Gasteiger partial charge >= 0.3 is 0 Å². The number of sulfone groups is 1. The Morgan fingerprint density at radius 3 is 2.61 bits per heavy atom. The lowest BCUT2D eigenvalue weighted by atomic mass is 9.62. The molecule has 1 saturated heterocycles. The van der Waals surface area contributed by atoms with Crippen LogP contribution >= 0.6 is 0 Å². The molecule has 0 aromatic heterocycles. The van der Waals surface area contributed by atoms with Crippen molar-refractivity contribution in [2.45, 2.75) is 51.0 Å². The number of hydrogen-bond acceptors (Lipinski definition) is 4. The maximum absolute atomic E-state index is 11.8. The van der Waals surface area contributed by atoms with Crippen LogP contribution in [0.25, 0.3) is 0 Å². The van der Waals surface area contributed by atoms with Crippen molar-refractivity contribution in [2.75, 3.05) is 18.1 Å². The third kappa shape index (κ3) is 2.32. The molecule has 0 amide bonds. The molecule has 0 aromatic rings. The molecule has 3 atom stereocenters. The third-order valence-corrected chi connectivity index (χ3v) is 6.99. The molecule has 1 aliphatic carbocycles. The maximum atomic E-state index is 11.8. The van der Waals surface area contributed by atoms with Crippen molar-refractivity contribution < 1.29 is 13.5 Å². The van der Waals surface area contributed by atoms with Crippen molar-refractivity contribution in [1.82, 2.24) is 0 Å². The first kappa shape index (κ1) is 14.3. The average molecular weight is 275 g/mol. The van der Waals surface area contributed by atoms with Crippen LogP contribution in [-0.2, 0) is 9.84 Å². The summed E-state index contributed by atoms with van der Waals surface area (Å²) >= 11 is 0. The van der Waals surface area contributed by atoms with E-state index in [2.05, 4.69) is 6.92 Å². The quantitative estimate of drug-likeness (QED) is 0.807. The molecule has 0 bridgehead atoms. The summed E-state index contributed by atoms with van der Waals surface area (Å²) in [5, 5.41) is 11.0. The lowest BCUT2D eigenvalue weighted by molar-refractivity contribution is -0.107. The van der Waals surface area contributed by atoms with Crippen LogP contribution < -0.4 is 5.73 Å². The van der Waals surface area contributed by atoms with Crippen LogP contribution in [0.2, 0.25) is 0 Å². The van der Waals surface area contributed by atoms with Gasteiger partial charge in [0.2, 0.25) is 0 Å². The first-order valence-electron chi connectivity index (χ1n) is 6.99. The molecule has 2 fully saturated rings. The minimum Gasteiger partial charge on any atom is -0.389 e. The summed E-state index contributed by atoms with van der Waals surface area (Å²) in [5.74, 6) is 0.766. The van der Waals surface area contributed by atoms with E-state index in [0.29, 0.717) is 18.8 Å². The lowest BCUT2D eigenvalue weighted by Crippen LogP contribution is -2.55. The minimum absolute atomic E-state index is 0.0729. The van der Waals surface area contributed by atoms with Gasteiger partial charge in [-0.1, -0.05) is 26.2 Å². The van der Waals surface area contributed by atoms with E-state index < -0.39 is 20.9 Å². The summed E-state index contributed by atoms with van der Waals surface area (Å²) in [5.41, 5.74) is 4.40. The van der Waals surface area contributed by atoms with Gasteiger partial charge in [-0.25, -0.2) is 8.42 Å². The summed E-state index contributed by atoms with van der Waals surface area (Å²) in [4.78, 5) is 0. The summed E-state index contributed by atoms with van der Waals surface area (Å²) < 4.78 is 23.5. The van der Waals surface area contributed by atoms with E-state index in [1.165, 1.54) is 0 Å². The Labute approximate surface area is 110 Å². The summed E-state index contributed by atoms with van der Waals surface area (Å²) in [6, 6.07) is 0. The first-order chi connectivity index (χ1) is 8.36. The Morgan fingerprint density at radius 2 is 2.11 bits per heavy atom. The molecule has 0 radical (unpaired) electrons. The Morgan fingerprint density at radius 1 is 1.39 bits per heavy atom. The van der Waals surface area contributed by atoms with Crippen LogP contribution in [0.5, 0.6) is 0 Å². The highest BCUT2D eigenvalue weighted by Gasteiger charge is 2.56. The van der Waals surface area contributed by atoms with Crippen molar-refractivity contribution in [3.8, 4) is 0 Å². The normalized spacial score (nSPS) is 44.1. The standard InChI is InChI=1S/C13H25NO3S/c1-2-11-4-3-5-13(15,8-11)12(9-14)6-7-18(16,17)10-12/h11,15H,2-10,14H2,1H3. The van der Waals surface area contributed by atoms with Gasteiger partial charge in [0.25, 0.3) is 0 Å². The van der Waals surface area contributed by atoms with Crippen molar-refractivity contribution in [1.29, 1.82) is 0 Å². The van der Waals surface area contributed by atoms with Gasteiger partial charge in [0, 0.05) is 12.0 Å². The SMILES string of the molecule is CCC1CCCC(O)(C2(CN)CCS(=O)(=O)C2)C1. The molecule has 4 nitrogen and oxygen atoms in total. The predicted molar refractivity (Wildman–Crippen MR) is 72.0 cm³/mol. The van der Waals surface area contributed by atoms with E-state index in [9.17, 15) is 13.5 Å². The number of hydrogen-bond donors (Lipinski definition) is 2. The Bertz CT molecular complexity index is 408. The summed E-state index contributed by atoms with van der Waals surface area (Å²) in [7, 11) is -3.02. The van der Waals surface area contributed by atoms with Crippen molar-refractivity contribution in [3.63, 3.8) is 0 Å². The van der Waals surface area contributed by atoms with E-state index >= 15 is 0 Å².